The number of Topliss-reactive ketones (excluding diaryl/α,β-unsaturated/α-hetero) is 1. The van der Waals surface area contributed by atoms with Gasteiger partial charge in [0.15, 0.2) is 16.6 Å². The second-order valence-electron chi connectivity index (χ2n) is 6.23. The third-order valence-electron chi connectivity index (χ3n) is 3.21. The van der Waals surface area contributed by atoms with Gasteiger partial charge in [0.2, 0.25) is 0 Å². The SMILES string of the molecule is CC(C)(C)C(=O)C=c1[nH]c(=O)c(=Cc2cnc(-c3ccco3)s2)s1. The van der Waals surface area contributed by atoms with Crippen molar-refractivity contribution < 1.29 is 9.21 Å². The van der Waals surface area contributed by atoms with Crippen LogP contribution in [0.5, 0.6) is 0 Å². The number of hydrogen-bond acceptors (Lipinski definition) is 6. The molecule has 3 rings (SSSR count). The molecule has 0 aliphatic heterocycles. The molecule has 0 radical (unpaired) electrons. The molecule has 0 unspecified atom stereocenters. The molecule has 3 heterocycles. The Balaban J connectivity index is 1.96. The van der Waals surface area contributed by atoms with Gasteiger partial charge in [-0.25, -0.2) is 4.98 Å². The van der Waals surface area contributed by atoms with Gasteiger partial charge >= 0.3 is 0 Å². The fourth-order valence-electron chi connectivity index (χ4n) is 1.86. The molecule has 24 heavy (non-hydrogen) atoms. The van der Waals surface area contributed by atoms with Crippen molar-refractivity contribution in [2.45, 2.75) is 20.8 Å². The van der Waals surface area contributed by atoms with Gasteiger partial charge in [-0.05, 0) is 18.2 Å². The van der Waals surface area contributed by atoms with Gasteiger partial charge in [0, 0.05) is 22.6 Å². The number of carbonyl (C=O) groups excluding carboxylic acids is 1. The van der Waals surface area contributed by atoms with Crippen molar-refractivity contribution in [1.29, 1.82) is 0 Å². The minimum atomic E-state index is -0.472. The van der Waals surface area contributed by atoms with Crippen LogP contribution >= 0.6 is 22.7 Å². The zero-order valence-electron chi connectivity index (χ0n) is 13.5. The predicted molar refractivity (Wildman–Crippen MR) is 96.5 cm³/mol. The van der Waals surface area contributed by atoms with Crippen molar-refractivity contribution in [2.75, 3.05) is 0 Å². The first kappa shape index (κ1) is 16.6. The number of nitrogens with one attached hydrogen (secondary N) is 1. The third kappa shape index (κ3) is 3.63. The second-order valence-corrected chi connectivity index (χ2v) is 8.38. The first-order valence-corrected chi connectivity index (χ1v) is 8.93. The molecular weight excluding hydrogens is 344 g/mol. The summed E-state index contributed by atoms with van der Waals surface area (Å²) >= 11 is 2.70. The molecule has 3 aromatic rings. The molecule has 0 atom stereocenters. The average Bonchev–Trinajstić information content (AvgIpc) is 3.20. The van der Waals surface area contributed by atoms with Crippen molar-refractivity contribution in [1.82, 2.24) is 9.97 Å². The molecule has 7 heteroatoms. The number of thiazole rings is 2. The van der Waals surface area contributed by atoms with Crippen LogP contribution in [0.3, 0.4) is 0 Å². The number of carbonyl (C=O) groups is 1. The number of furan rings is 1. The molecular formula is C17H16N2O3S2. The molecule has 0 fully saturated rings. The highest BCUT2D eigenvalue weighted by molar-refractivity contribution is 7.16. The fourth-order valence-corrected chi connectivity index (χ4v) is 3.64. The lowest BCUT2D eigenvalue weighted by atomic mass is 9.91. The van der Waals surface area contributed by atoms with Crippen LogP contribution < -0.4 is 14.8 Å². The van der Waals surface area contributed by atoms with E-state index in [1.54, 1.807) is 24.6 Å². The van der Waals surface area contributed by atoms with Gasteiger partial charge in [-0.3, -0.25) is 9.59 Å². The summed E-state index contributed by atoms with van der Waals surface area (Å²) in [5, 5.41) is 0.758. The van der Waals surface area contributed by atoms with Crippen LogP contribution in [-0.2, 0) is 4.79 Å². The number of aromatic amines is 1. The summed E-state index contributed by atoms with van der Waals surface area (Å²) in [7, 11) is 0. The van der Waals surface area contributed by atoms with Gasteiger partial charge < -0.3 is 9.40 Å². The van der Waals surface area contributed by atoms with E-state index in [2.05, 4.69) is 9.97 Å². The molecule has 5 nitrogen and oxygen atoms in total. The Morgan fingerprint density at radius 2 is 2.12 bits per heavy atom. The first-order chi connectivity index (χ1) is 11.3. The molecule has 0 saturated heterocycles. The van der Waals surface area contributed by atoms with Crippen molar-refractivity contribution in [3.05, 3.63) is 49.0 Å². The molecule has 0 spiro atoms. The van der Waals surface area contributed by atoms with E-state index in [0.717, 1.165) is 9.88 Å². The van der Waals surface area contributed by atoms with E-state index in [4.69, 9.17) is 4.42 Å². The molecule has 0 saturated carbocycles. The number of nitrogens with zero attached hydrogens (tertiary/aromatic N) is 1. The Hall–Kier alpha value is -2.25. The smallest absolute Gasteiger partial charge is 0.266 e. The zero-order valence-corrected chi connectivity index (χ0v) is 15.1. The Bertz CT molecular complexity index is 1030. The maximum absolute atomic E-state index is 12.1. The van der Waals surface area contributed by atoms with E-state index in [0.29, 0.717) is 15.0 Å². The Morgan fingerprint density at radius 3 is 2.79 bits per heavy atom. The standard InChI is InChI=1S/C17H16N2O3S2/c1-17(2,3)13(20)8-14-19-15(21)12(24-14)7-10-9-18-16(23-10)11-5-4-6-22-11/h4-9H,1-3H3,(H,19,21). The summed E-state index contributed by atoms with van der Waals surface area (Å²) in [4.78, 5) is 32.0. The van der Waals surface area contributed by atoms with E-state index in [-0.39, 0.29) is 11.3 Å². The zero-order chi connectivity index (χ0) is 17.3. The van der Waals surface area contributed by atoms with E-state index >= 15 is 0 Å². The van der Waals surface area contributed by atoms with Gasteiger partial charge in [-0.2, -0.15) is 0 Å². The van der Waals surface area contributed by atoms with E-state index in [1.807, 2.05) is 26.8 Å². The quantitative estimate of drug-likeness (QED) is 0.778. The first-order valence-electron chi connectivity index (χ1n) is 7.30. The van der Waals surface area contributed by atoms with E-state index in [9.17, 15) is 9.59 Å². The lowest BCUT2D eigenvalue weighted by Gasteiger charge is -2.12. The monoisotopic (exact) mass is 360 g/mol. The highest BCUT2D eigenvalue weighted by atomic mass is 32.1. The van der Waals surface area contributed by atoms with E-state index in [1.165, 1.54) is 28.7 Å². The average molecular weight is 360 g/mol. The minimum Gasteiger partial charge on any atom is -0.462 e. The van der Waals surface area contributed by atoms with Crippen LogP contribution in [-0.4, -0.2) is 15.8 Å². The normalized spacial score (nSPS) is 13.6. The van der Waals surface area contributed by atoms with Crippen LogP contribution in [0, 0.1) is 5.41 Å². The van der Waals surface area contributed by atoms with Gasteiger partial charge in [0.05, 0.1) is 15.5 Å². The van der Waals surface area contributed by atoms with Crippen LogP contribution in [0.15, 0.2) is 33.8 Å². The molecule has 0 aliphatic carbocycles. The van der Waals surface area contributed by atoms with Crippen LogP contribution in [0.2, 0.25) is 0 Å². The largest absolute Gasteiger partial charge is 0.462 e. The van der Waals surface area contributed by atoms with Crippen LogP contribution in [0.4, 0.5) is 0 Å². The topological polar surface area (TPSA) is 76.0 Å². The predicted octanol–water partition coefficient (Wildman–Crippen LogP) is 2.38. The molecule has 124 valence electrons. The summed E-state index contributed by atoms with van der Waals surface area (Å²) in [5.74, 6) is 0.675. The molecule has 0 amide bonds. The maximum Gasteiger partial charge on any atom is 0.266 e. The summed E-state index contributed by atoms with van der Waals surface area (Å²) < 4.78 is 6.41. The van der Waals surface area contributed by atoms with Crippen LogP contribution in [0.25, 0.3) is 22.9 Å². The van der Waals surface area contributed by atoms with E-state index < -0.39 is 5.41 Å². The lowest BCUT2D eigenvalue weighted by Crippen LogP contribution is -2.21. The maximum atomic E-state index is 12.1. The van der Waals surface area contributed by atoms with Crippen molar-refractivity contribution in [2.24, 2.45) is 5.41 Å². The van der Waals surface area contributed by atoms with Gasteiger partial charge in [0.25, 0.3) is 5.56 Å². The summed E-state index contributed by atoms with van der Waals surface area (Å²) in [5.41, 5.74) is -0.679. The molecule has 0 bridgehead atoms. The van der Waals surface area contributed by atoms with Gasteiger partial charge in [0.1, 0.15) is 0 Å². The number of aromatic nitrogens is 2. The number of hydrogen-bond donors (Lipinski definition) is 1. The molecule has 3 aromatic heterocycles. The fraction of sp³-hybridized carbons (Fsp3) is 0.235. The van der Waals surface area contributed by atoms with Crippen molar-refractivity contribution in [3.8, 4) is 10.8 Å². The van der Waals surface area contributed by atoms with Crippen molar-refractivity contribution in [3.63, 3.8) is 0 Å². The lowest BCUT2D eigenvalue weighted by molar-refractivity contribution is -0.119. The highest BCUT2D eigenvalue weighted by Gasteiger charge is 2.18. The number of ketones is 1. The molecule has 1 N–H and O–H groups in total. The summed E-state index contributed by atoms with van der Waals surface area (Å²) in [6.45, 7) is 5.54. The second kappa shape index (κ2) is 6.33. The number of rotatable bonds is 3. The molecule has 0 aliphatic rings. The third-order valence-corrected chi connectivity index (χ3v) is 5.13. The Labute approximate surface area is 146 Å². The Morgan fingerprint density at radius 1 is 1.33 bits per heavy atom. The van der Waals surface area contributed by atoms with Crippen LogP contribution in [0.1, 0.15) is 25.6 Å². The summed E-state index contributed by atoms with van der Waals surface area (Å²) in [6, 6.07) is 3.64. The van der Waals surface area contributed by atoms with Crippen molar-refractivity contribution >= 4 is 40.6 Å². The number of H-pyrrole nitrogens is 1. The van der Waals surface area contributed by atoms with Gasteiger partial charge in [-0.15, -0.1) is 22.7 Å². The minimum absolute atomic E-state index is 0.0237. The molecule has 0 aromatic carbocycles. The Kier molecular flexibility index (Phi) is 4.38. The summed E-state index contributed by atoms with van der Waals surface area (Å²) in [6.07, 6.45) is 6.56. The highest BCUT2D eigenvalue weighted by Crippen LogP contribution is 2.25. The van der Waals surface area contributed by atoms with Gasteiger partial charge in [-0.1, -0.05) is 20.8 Å².